The summed E-state index contributed by atoms with van der Waals surface area (Å²) in [5, 5.41) is 3.08. The Bertz CT molecular complexity index is 713. The minimum absolute atomic E-state index is 0.00382. The van der Waals surface area contributed by atoms with Crippen molar-refractivity contribution >= 4 is 11.6 Å². The summed E-state index contributed by atoms with van der Waals surface area (Å²) < 4.78 is 10.7. The highest BCUT2D eigenvalue weighted by Gasteiger charge is 2.26. The molecule has 134 valence electrons. The van der Waals surface area contributed by atoms with Crippen molar-refractivity contribution in [1.82, 2.24) is 0 Å². The van der Waals surface area contributed by atoms with E-state index in [4.69, 9.17) is 9.47 Å². The molecule has 2 aromatic carbocycles. The van der Waals surface area contributed by atoms with Crippen molar-refractivity contribution < 1.29 is 14.3 Å². The Morgan fingerprint density at radius 3 is 2.24 bits per heavy atom. The molecular formula is C21H27NO3. The average molecular weight is 341 g/mol. The molecule has 2 aromatic rings. The number of amides is 1. The van der Waals surface area contributed by atoms with E-state index in [2.05, 4.69) is 19.2 Å². The standard InChI is InChI=1S/C21H27NO3/c1-6-14(2)20(16-10-8-7-9-11-16)21(23)22-17-13-19(25-5)18(24-4)12-15(17)3/h7-14,20H,6H2,1-5H3,(H,22,23)/t14-,20-/m0/s1. The molecule has 2 rings (SSSR count). The number of nitrogens with one attached hydrogen (secondary N) is 1. The second kappa shape index (κ2) is 8.56. The zero-order valence-electron chi connectivity index (χ0n) is 15.6. The number of benzene rings is 2. The van der Waals surface area contributed by atoms with E-state index >= 15 is 0 Å². The van der Waals surface area contributed by atoms with Gasteiger partial charge in [-0.2, -0.15) is 0 Å². The molecule has 0 saturated carbocycles. The maximum absolute atomic E-state index is 13.0. The summed E-state index contributed by atoms with van der Waals surface area (Å²) in [4.78, 5) is 13.0. The molecule has 4 nitrogen and oxygen atoms in total. The van der Waals surface area contributed by atoms with Crippen LogP contribution in [0.4, 0.5) is 5.69 Å². The van der Waals surface area contributed by atoms with E-state index < -0.39 is 0 Å². The monoisotopic (exact) mass is 341 g/mol. The van der Waals surface area contributed by atoms with Gasteiger partial charge in [0.05, 0.1) is 20.1 Å². The highest BCUT2D eigenvalue weighted by molar-refractivity contribution is 5.97. The van der Waals surface area contributed by atoms with Gasteiger partial charge in [0.2, 0.25) is 5.91 Å². The van der Waals surface area contributed by atoms with Crippen LogP contribution in [0.1, 0.15) is 37.3 Å². The van der Waals surface area contributed by atoms with E-state index in [1.165, 1.54) is 0 Å². The zero-order chi connectivity index (χ0) is 18.4. The highest BCUT2D eigenvalue weighted by atomic mass is 16.5. The third-order valence-corrected chi connectivity index (χ3v) is 4.64. The van der Waals surface area contributed by atoms with E-state index in [0.717, 1.165) is 23.2 Å². The molecule has 1 N–H and O–H groups in total. The Balaban J connectivity index is 2.32. The smallest absolute Gasteiger partial charge is 0.232 e. The van der Waals surface area contributed by atoms with Crippen LogP contribution in [0.3, 0.4) is 0 Å². The number of hydrogen-bond acceptors (Lipinski definition) is 3. The van der Waals surface area contributed by atoms with Gasteiger partial charge in [-0.05, 0) is 30.0 Å². The van der Waals surface area contributed by atoms with Gasteiger partial charge < -0.3 is 14.8 Å². The molecule has 2 atom stereocenters. The Morgan fingerprint density at radius 1 is 1.08 bits per heavy atom. The lowest BCUT2D eigenvalue weighted by Gasteiger charge is -2.23. The first-order chi connectivity index (χ1) is 12.0. The van der Waals surface area contributed by atoms with Gasteiger partial charge in [0.1, 0.15) is 0 Å². The lowest BCUT2D eigenvalue weighted by atomic mass is 9.85. The van der Waals surface area contributed by atoms with Crippen LogP contribution in [-0.4, -0.2) is 20.1 Å². The van der Waals surface area contributed by atoms with Crippen LogP contribution in [0.15, 0.2) is 42.5 Å². The predicted octanol–water partition coefficient (Wildman–Crippen LogP) is 4.78. The average Bonchev–Trinajstić information content (AvgIpc) is 2.63. The van der Waals surface area contributed by atoms with Crippen molar-refractivity contribution in [1.29, 1.82) is 0 Å². The first-order valence-electron chi connectivity index (χ1n) is 8.60. The lowest BCUT2D eigenvalue weighted by molar-refractivity contribution is -0.118. The molecule has 25 heavy (non-hydrogen) atoms. The number of ether oxygens (including phenoxy) is 2. The number of aryl methyl sites for hydroxylation is 1. The van der Waals surface area contributed by atoms with Gasteiger partial charge >= 0.3 is 0 Å². The normalized spacial score (nSPS) is 13.0. The fourth-order valence-corrected chi connectivity index (χ4v) is 2.96. The molecule has 0 bridgehead atoms. The van der Waals surface area contributed by atoms with Crippen molar-refractivity contribution in [2.24, 2.45) is 5.92 Å². The SMILES string of the molecule is CC[C@H](C)[C@H](C(=O)Nc1cc(OC)c(OC)cc1C)c1ccccc1. The molecule has 0 aliphatic rings. The van der Waals surface area contributed by atoms with Crippen LogP contribution in [0, 0.1) is 12.8 Å². The third kappa shape index (κ3) is 4.32. The number of carbonyl (C=O) groups is 1. The minimum atomic E-state index is -0.196. The van der Waals surface area contributed by atoms with Crippen LogP contribution in [0.2, 0.25) is 0 Å². The number of rotatable bonds is 7. The van der Waals surface area contributed by atoms with Gasteiger partial charge in [0.15, 0.2) is 11.5 Å². The van der Waals surface area contributed by atoms with Gasteiger partial charge in [-0.1, -0.05) is 50.6 Å². The second-order valence-electron chi connectivity index (χ2n) is 6.29. The maximum atomic E-state index is 13.0. The summed E-state index contributed by atoms with van der Waals surface area (Å²) in [5.74, 6) is 1.29. The fraction of sp³-hybridized carbons (Fsp3) is 0.381. The first-order valence-corrected chi connectivity index (χ1v) is 8.60. The van der Waals surface area contributed by atoms with Crippen LogP contribution in [0.5, 0.6) is 11.5 Å². The Hall–Kier alpha value is -2.49. The summed E-state index contributed by atoms with van der Waals surface area (Å²) in [5.41, 5.74) is 2.71. The van der Waals surface area contributed by atoms with Crippen molar-refractivity contribution in [3.05, 3.63) is 53.6 Å². The van der Waals surface area contributed by atoms with E-state index in [-0.39, 0.29) is 17.7 Å². The summed E-state index contributed by atoms with van der Waals surface area (Å²) in [7, 11) is 3.19. The minimum Gasteiger partial charge on any atom is -0.493 e. The topological polar surface area (TPSA) is 47.6 Å². The first kappa shape index (κ1) is 18.8. The van der Waals surface area contributed by atoms with Crippen LogP contribution >= 0.6 is 0 Å². The maximum Gasteiger partial charge on any atom is 0.232 e. The second-order valence-corrected chi connectivity index (χ2v) is 6.29. The molecule has 0 fully saturated rings. The summed E-state index contributed by atoms with van der Waals surface area (Å²) in [6, 6.07) is 13.6. The van der Waals surface area contributed by atoms with Gasteiger partial charge in [-0.3, -0.25) is 4.79 Å². The lowest BCUT2D eigenvalue weighted by Crippen LogP contribution is -2.26. The molecular weight excluding hydrogens is 314 g/mol. The van der Waals surface area contributed by atoms with Crippen molar-refractivity contribution in [2.75, 3.05) is 19.5 Å². The third-order valence-electron chi connectivity index (χ3n) is 4.64. The van der Waals surface area contributed by atoms with Crippen LogP contribution in [0.25, 0.3) is 0 Å². The van der Waals surface area contributed by atoms with Crippen molar-refractivity contribution in [3.63, 3.8) is 0 Å². The van der Waals surface area contributed by atoms with Gasteiger partial charge in [0.25, 0.3) is 0 Å². The van der Waals surface area contributed by atoms with E-state index in [1.54, 1.807) is 14.2 Å². The number of methoxy groups -OCH3 is 2. The molecule has 0 aliphatic heterocycles. The Morgan fingerprint density at radius 2 is 1.68 bits per heavy atom. The van der Waals surface area contributed by atoms with Gasteiger partial charge in [-0.15, -0.1) is 0 Å². The molecule has 0 unspecified atom stereocenters. The van der Waals surface area contributed by atoms with Crippen molar-refractivity contribution in [3.8, 4) is 11.5 Å². The molecule has 0 heterocycles. The number of anilines is 1. The zero-order valence-corrected chi connectivity index (χ0v) is 15.6. The molecule has 4 heteroatoms. The Labute approximate surface area is 150 Å². The molecule has 0 aliphatic carbocycles. The largest absolute Gasteiger partial charge is 0.493 e. The molecule has 0 radical (unpaired) electrons. The molecule has 0 aromatic heterocycles. The quantitative estimate of drug-likeness (QED) is 0.788. The van der Waals surface area contributed by atoms with Crippen molar-refractivity contribution in [2.45, 2.75) is 33.1 Å². The van der Waals surface area contributed by atoms with Crippen LogP contribution < -0.4 is 14.8 Å². The number of hydrogen-bond donors (Lipinski definition) is 1. The molecule has 0 saturated heterocycles. The Kier molecular flexibility index (Phi) is 6.45. The van der Waals surface area contributed by atoms with Crippen LogP contribution in [-0.2, 0) is 4.79 Å². The summed E-state index contributed by atoms with van der Waals surface area (Å²) in [6.07, 6.45) is 0.928. The van der Waals surface area contributed by atoms with E-state index in [9.17, 15) is 4.79 Å². The molecule has 0 spiro atoms. The van der Waals surface area contributed by atoms with Gasteiger partial charge in [0, 0.05) is 11.8 Å². The molecule has 1 amide bonds. The summed E-state index contributed by atoms with van der Waals surface area (Å²) >= 11 is 0. The van der Waals surface area contributed by atoms with E-state index in [1.807, 2.05) is 49.4 Å². The highest BCUT2D eigenvalue weighted by Crippen LogP contribution is 2.34. The van der Waals surface area contributed by atoms with E-state index in [0.29, 0.717) is 11.5 Å². The van der Waals surface area contributed by atoms with Gasteiger partial charge in [-0.25, -0.2) is 0 Å². The number of carbonyl (C=O) groups excluding carboxylic acids is 1. The summed E-state index contributed by atoms with van der Waals surface area (Å²) in [6.45, 7) is 6.16. The fourth-order valence-electron chi connectivity index (χ4n) is 2.96. The predicted molar refractivity (Wildman–Crippen MR) is 102 cm³/mol.